The number of carbonyl (C=O) groups is 1. The molecular weight excluding hydrogens is 473 g/mol. The van der Waals surface area contributed by atoms with E-state index in [2.05, 4.69) is 4.98 Å². The average molecular weight is 497 g/mol. The Labute approximate surface area is 202 Å². The molecule has 0 bridgehead atoms. The number of benzene rings is 1. The first-order valence-electron chi connectivity index (χ1n) is 10.7. The van der Waals surface area contributed by atoms with Crippen LogP contribution in [0.1, 0.15) is 18.4 Å². The Kier molecular flexibility index (Phi) is 5.91. The predicted molar refractivity (Wildman–Crippen MR) is 124 cm³/mol. The Morgan fingerprint density at radius 3 is 2.53 bits per heavy atom. The van der Waals surface area contributed by atoms with Crippen LogP contribution >= 0.6 is 34.8 Å². The van der Waals surface area contributed by atoms with Gasteiger partial charge in [0.15, 0.2) is 0 Å². The van der Waals surface area contributed by atoms with Crippen LogP contribution in [0.4, 0.5) is 4.79 Å². The van der Waals surface area contributed by atoms with Crippen LogP contribution in [-0.2, 0) is 4.74 Å². The first-order valence-corrected chi connectivity index (χ1v) is 11.8. The van der Waals surface area contributed by atoms with Crippen molar-refractivity contribution in [3.8, 4) is 5.88 Å². The highest BCUT2D eigenvalue weighted by Gasteiger charge is 2.52. The molecule has 3 aliphatic heterocycles. The van der Waals surface area contributed by atoms with E-state index in [1.165, 1.54) is 0 Å². The number of hydrogen-bond acceptors (Lipinski definition) is 4. The summed E-state index contributed by atoms with van der Waals surface area (Å²) in [5.74, 6) is 0.642. The van der Waals surface area contributed by atoms with Crippen molar-refractivity contribution >= 4 is 40.8 Å². The highest BCUT2D eigenvalue weighted by atomic mass is 35.5. The topological polar surface area (TPSA) is 54.9 Å². The van der Waals surface area contributed by atoms with Crippen molar-refractivity contribution in [1.82, 2.24) is 14.8 Å². The number of nitrogens with zero attached hydrogens (tertiary/aromatic N) is 3. The maximum Gasteiger partial charge on any atom is 0.320 e. The largest absolute Gasteiger partial charge is 0.474 e. The van der Waals surface area contributed by atoms with E-state index in [0.717, 1.165) is 31.9 Å². The van der Waals surface area contributed by atoms with Gasteiger partial charge in [-0.2, -0.15) is 0 Å². The summed E-state index contributed by atoms with van der Waals surface area (Å²) in [6, 6.07) is 9.27. The molecule has 1 spiro atoms. The zero-order chi connectivity index (χ0) is 22.5. The monoisotopic (exact) mass is 495 g/mol. The molecule has 2 aromatic rings. The molecular formula is C23H24Cl3N3O3. The normalized spacial score (nSPS) is 24.8. The predicted octanol–water partition coefficient (Wildman–Crippen LogP) is 4.98. The third-order valence-electron chi connectivity index (χ3n) is 6.76. The molecule has 0 saturated carbocycles. The lowest BCUT2D eigenvalue weighted by Crippen LogP contribution is -2.68. The number of halogens is 3. The fourth-order valence-electron chi connectivity index (χ4n) is 4.94. The molecule has 9 heteroatoms. The molecule has 2 amide bonds. The summed E-state index contributed by atoms with van der Waals surface area (Å²) in [4.78, 5) is 21.3. The van der Waals surface area contributed by atoms with Gasteiger partial charge in [-0.25, -0.2) is 9.78 Å². The molecule has 5 rings (SSSR count). The van der Waals surface area contributed by atoms with Gasteiger partial charge in [-0.3, -0.25) is 0 Å². The zero-order valence-corrected chi connectivity index (χ0v) is 19.9. The van der Waals surface area contributed by atoms with Crippen LogP contribution < -0.4 is 4.74 Å². The maximum absolute atomic E-state index is 13.2. The SMILES string of the molecule is C[C@@H](Oc1ccc(Cl)cn1)C1CN(C(=O)N2CC3(COC3)C2)CC1c1ccc(Cl)c(Cl)c1. The van der Waals surface area contributed by atoms with Gasteiger partial charge in [-0.15, -0.1) is 0 Å². The molecule has 3 atom stereocenters. The Morgan fingerprint density at radius 1 is 1.12 bits per heavy atom. The number of carbonyl (C=O) groups excluding carboxylic acids is 1. The number of aromatic nitrogens is 1. The lowest BCUT2D eigenvalue weighted by Gasteiger charge is -2.55. The molecule has 32 heavy (non-hydrogen) atoms. The number of pyridine rings is 1. The van der Waals surface area contributed by atoms with Crippen molar-refractivity contribution in [1.29, 1.82) is 0 Å². The summed E-state index contributed by atoms with van der Waals surface area (Å²) in [5.41, 5.74) is 1.24. The van der Waals surface area contributed by atoms with E-state index in [0.29, 0.717) is 34.0 Å². The van der Waals surface area contributed by atoms with Crippen LogP contribution in [0.3, 0.4) is 0 Å². The fourth-order valence-corrected chi connectivity index (χ4v) is 5.36. The second-order valence-electron chi connectivity index (χ2n) is 9.12. The van der Waals surface area contributed by atoms with E-state index >= 15 is 0 Å². The molecule has 2 unspecified atom stereocenters. The van der Waals surface area contributed by atoms with Crippen molar-refractivity contribution in [2.45, 2.75) is 18.9 Å². The summed E-state index contributed by atoms with van der Waals surface area (Å²) in [6.45, 7) is 6.26. The molecule has 0 radical (unpaired) electrons. The number of ether oxygens (including phenoxy) is 2. The van der Waals surface area contributed by atoms with Crippen LogP contribution in [0.25, 0.3) is 0 Å². The van der Waals surface area contributed by atoms with Gasteiger partial charge < -0.3 is 19.3 Å². The number of hydrogen-bond donors (Lipinski definition) is 0. The van der Waals surface area contributed by atoms with E-state index in [4.69, 9.17) is 44.3 Å². The van der Waals surface area contributed by atoms with Gasteiger partial charge in [0.2, 0.25) is 5.88 Å². The Hall–Kier alpha value is -1.73. The number of urea groups is 1. The van der Waals surface area contributed by atoms with Crippen LogP contribution in [0.15, 0.2) is 36.5 Å². The zero-order valence-electron chi connectivity index (χ0n) is 17.6. The third kappa shape index (κ3) is 4.14. The molecule has 0 aliphatic carbocycles. The van der Waals surface area contributed by atoms with Crippen LogP contribution in [0.2, 0.25) is 15.1 Å². The van der Waals surface area contributed by atoms with Gasteiger partial charge in [0, 0.05) is 50.3 Å². The molecule has 1 aromatic heterocycles. The van der Waals surface area contributed by atoms with E-state index < -0.39 is 0 Å². The summed E-state index contributed by atoms with van der Waals surface area (Å²) < 4.78 is 11.5. The number of likely N-dealkylation sites (tertiary alicyclic amines) is 2. The second-order valence-corrected chi connectivity index (χ2v) is 10.4. The van der Waals surface area contributed by atoms with Crippen molar-refractivity contribution in [2.24, 2.45) is 11.3 Å². The maximum atomic E-state index is 13.2. The highest BCUT2D eigenvalue weighted by molar-refractivity contribution is 6.42. The van der Waals surface area contributed by atoms with Gasteiger partial charge in [0.05, 0.1) is 33.7 Å². The molecule has 0 N–H and O–H groups in total. The van der Waals surface area contributed by atoms with E-state index in [9.17, 15) is 4.79 Å². The molecule has 170 valence electrons. The Bertz CT molecular complexity index is 1010. The minimum Gasteiger partial charge on any atom is -0.474 e. The number of rotatable bonds is 4. The van der Waals surface area contributed by atoms with E-state index in [1.54, 1.807) is 18.3 Å². The smallest absolute Gasteiger partial charge is 0.320 e. The second kappa shape index (κ2) is 8.56. The van der Waals surface area contributed by atoms with Gasteiger partial charge >= 0.3 is 6.03 Å². The van der Waals surface area contributed by atoms with E-state index in [1.807, 2.05) is 34.9 Å². The summed E-state index contributed by atoms with van der Waals surface area (Å²) >= 11 is 18.4. The molecule has 1 aromatic carbocycles. The average Bonchev–Trinajstić information content (AvgIpc) is 3.15. The van der Waals surface area contributed by atoms with Crippen molar-refractivity contribution in [3.05, 3.63) is 57.2 Å². The van der Waals surface area contributed by atoms with Crippen molar-refractivity contribution in [3.63, 3.8) is 0 Å². The minimum atomic E-state index is -0.177. The Balaban J connectivity index is 1.34. The molecule has 4 heterocycles. The van der Waals surface area contributed by atoms with Gasteiger partial charge in [-0.1, -0.05) is 40.9 Å². The molecule has 6 nitrogen and oxygen atoms in total. The van der Waals surface area contributed by atoms with E-state index in [-0.39, 0.29) is 29.4 Å². The molecule has 3 saturated heterocycles. The molecule has 3 aliphatic rings. The summed E-state index contributed by atoms with van der Waals surface area (Å²) in [6.07, 6.45) is 1.39. The minimum absolute atomic E-state index is 0.0657. The number of amides is 2. The first kappa shape index (κ1) is 22.1. The standard InChI is InChI=1S/C23H24Cl3N3O3/c1-14(32-21-5-3-16(24)7-27-21)17-8-28(22(30)29-10-23(11-29)12-31-13-23)9-18(17)15-2-4-19(25)20(26)6-15/h2-7,14,17-18H,8-13H2,1H3/t14-,17?,18?/m1/s1. The Morgan fingerprint density at radius 2 is 1.91 bits per heavy atom. The fraction of sp³-hybridized carbons (Fsp3) is 0.478. The first-order chi connectivity index (χ1) is 15.3. The van der Waals surface area contributed by atoms with Crippen LogP contribution in [-0.4, -0.2) is 66.3 Å². The lowest BCUT2D eigenvalue weighted by molar-refractivity contribution is -0.177. The van der Waals surface area contributed by atoms with Crippen LogP contribution in [0, 0.1) is 11.3 Å². The highest BCUT2D eigenvalue weighted by Crippen LogP contribution is 2.41. The quantitative estimate of drug-likeness (QED) is 0.599. The third-order valence-corrected chi connectivity index (χ3v) is 7.72. The van der Waals surface area contributed by atoms with Gasteiger partial charge in [-0.05, 0) is 30.7 Å². The lowest BCUT2D eigenvalue weighted by atomic mass is 9.78. The summed E-state index contributed by atoms with van der Waals surface area (Å²) in [5, 5.41) is 1.58. The molecule has 3 fully saturated rings. The van der Waals surface area contributed by atoms with Crippen LogP contribution in [0.5, 0.6) is 5.88 Å². The van der Waals surface area contributed by atoms with Crippen molar-refractivity contribution in [2.75, 3.05) is 39.4 Å². The van der Waals surface area contributed by atoms with Gasteiger partial charge in [0.25, 0.3) is 0 Å². The summed E-state index contributed by atoms with van der Waals surface area (Å²) in [7, 11) is 0. The van der Waals surface area contributed by atoms with Crippen molar-refractivity contribution < 1.29 is 14.3 Å². The van der Waals surface area contributed by atoms with Gasteiger partial charge in [0.1, 0.15) is 6.10 Å².